The quantitative estimate of drug-likeness (QED) is 0.576. The Morgan fingerprint density at radius 1 is 1.10 bits per heavy atom. The average Bonchev–Trinajstić information content (AvgIpc) is 2.73. The fraction of sp³-hybridized carbons (Fsp3) is 0.600. The van der Waals surface area contributed by atoms with E-state index in [-0.39, 0.29) is 22.8 Å². The number of carbonyl (C=O) groups excluding carboxylic acids is 2. The molecule has 1 fully saturated rings. The predicted octanol–water partition coefficient (Wildman–Crippen LogP) is 0.421. The van der Waals surface area contributed by atoms with Crippen LogP contribution in [0.3, 0.4) is 0 Å². The van der Waals surface area contributed by atoms with Gasteiger partial charge in [0.25, 0.3) is 0 Å². The summed E-state index contributed by atoms with van der Waals surface area (Å²) in [5.41, 5.74) is 0. The first kappa shape index (κ1) is 24.1. The van der Waals surface area contributed by atoms with Crippen molar-refractivity contribution in [1.29, 1.82) is 0 Å². The molecule has 1 aromatic carbocycles. The lowest BCUT2D eigenvalue weighted by Gasteiger charge is -2.35. The summed E-state index contributed by atoms with van der Waals surface area (Å²) in [6.07, 6.45) is 0.873. The predicted molar refractivity (Wildman–Crippen MR) is 114 cm³/mol. The van der Waals surface area contributed by atoms with Gasteiger partial charge in [0.15, 0.2) is 0 Å². The van der Waals surface area contributed by atoms with Crippen LogP contribution in [0.15, 0.2) is 29.2 Å². The van der Waals surface area contributed by atoms with Crippen molar-refractivity contribution in [3.8, 4) is 5.75 Å². The third-order valence-electron chi connectivity index (χ3n) is 5.14. The molecule has 2 N–H and O–H groups in total. The van der Waals surface area contributed by atoms with E-state index < -0.39 is 16.1 Å². The van der Waals surface area contributed by atoms with E-state index >= 15 is 0 Å². The Bertz CT molecular complexity index is 820. The summed E-state index contributed by atoms with van der Waals surface area (Å²) in [5.74, 6) is 0.245. The highest BCUT2D eigenvalue weighted by molar-refractivity contribution is 7.89. The van der Waals surface area contributed by atoms with Gasteiger partial charge >= 0.3 is 0 Å². The molecule has 0 radical (unpaired) electrons. The molecule has 0 aliphatic carbocycles. The molecule has 10 heteroatoms. The van der Waals surface area contributed by atoms with Crippen LogP contribution in [-0.2, 0) is 19.6 Å². The van der Waals surface area contributed by atoms with Crippen molar-refractivity contribution in [3.63, 3.8) is 0 Å². The lowest BCUT2D eigenvalue weighted by atomic mass is 10.2. The van der Waals surface area contributed by atoms with Crippen LogP contribution < -0.4 is 14.8 Å². The number of benzene rings is 1. The highest BCUT2D eigenvalue weighted by atomic mass is 32.2. The normalized spacial score (nSPS) is 17.3. The molecule has 0 aromatic heterocycles. The molecule has 2 amide bonds. The number of hydrogen-bond donors (Lipinski definition) is 2. The highest BCUT2D eigenvalue weighted by Crippen LogP contribution is 2.16. The van der Waals surface area contributed by atoms with Gasteiger partial charge in [-0.25, -0.2) is 8.42 Å². The summed E-state index contributed by atoms with van der Waals surface area (Å²) in [5, 5.41) is 2.93. The second-order valence-corrected chi connectivity index (χ2v) is 9.21. The summed E-state index contributed by atoms with van der Waals surface area (Å²) in [7, 11) is -2.33. The van der Waals surface area contributed by atoms with Gasteiger partial charge in [0.1, 0.15) is 5.75 Å². The van der Waals surface area contributed by atoms with E-state index in [0.717, 1.165) is 6.42 Å². The summed E-state index contributed by atoms with van der Waals surface area (Å²) < 4.78 is 32.6. The third kappa shape index (κ3) is 6.68. The van der Waals surface area contributed by atoms with Crippen LogP contribution in [0, 0.1) is 0 Å². The molecule has 0 bridgehead atoms. The first-order valence-corrected chi connectivity index (χ1v) is 11.6. The number of nitrogens with zero attached hydrogens (tertiary/aromatic N) is 2. The van der Waals surface area contributed by atoms with Gasteiger partial charge in [-0.1, -0.05) is 6.92 Å². The fourth-order valence-corrected chi connectivity index (χ4v) is 4.33. The number of amides is 2. The van der Waals surface area contributed by atoms with E-state index in [1.165, 1.54) is 26.2 Å². The van der Waals surface area contributed by atoms with Crippen LogP contribution in [-0.4, -0.2) is 81.9 Å². The zero-order valence-corrected chi connectivity index (χ0v) is 18.9. The SMILES string of the molecule is CCC(C)NC(=O)CN1CCN(C(=O)[C@H](C)NS(=O)(=O)c2ccc(OC)cc2)CC1. The Morgan fingerprint density at radius 3 is 2.23 bits per heavy atom. The first-order chi connectivity index (χ1) is 14.2. The summed E-state index contributed by atoms with van der Waals surface area (Å²) in [4.78, 5) is 28.4. The summed E-state index contributed by atoms with van der Waals surface area (Å²) >= 11 is 0. The summed E-state index contributed by atoms with van der Waals surface area (Å²) in [6.45, 7) is 7.84. The molecule has 1 aliphatic rings. The van der Waals surface area contributed by atoms with Gasteiger partial charge < -0.3 is 15.0 Å². The molecule has 9 nitrogen and oxygen atoms in total. The van der Waals surface area contributed by atoms with E-state index in [2.05, 4.69) is 10.0 Å². The number of carbonyl (C=O) groups is 2. The van der Waals surface area contributed by atoms with Gasteiger partial charge in [-0.15, -0.1) is 0 Å². The van der Waals surface area contributed by atoms with Crippen molar-refractivity contribution in [1.82, 2.24) is 19.8 Å². The second kappa shape index (κ2) is 10.7. The smallest absolute Gasteiger partial charge is 0.241 e. The van der Waals surface area contributed by atoms with Crippen LogP contribution in [0.4, 0.5) is 0 Å². The number of ether oxygens (including phenoxy) is 1. The maximum atomic E-state index is 12.7. The standard InChI is InChI=1S/C20H32N4O5S/c1-5-15(2)21-19(25)14-23-10-12-24(13-11-23)20(26)16(3)22-30(27,28)18-8-6-17(29-4)7-9-18/h6-9,15-16,22H,5,10-14H2,1-4H3,(H,21,25)/t15?,16-/m0/s1. The van der Waals surface area contributed by atoms with Crippen molar-refractivity contribution < 1.29 is 22.7 Å². The molecule has 1 unspecified atom stereocenters. The minimum Gasteiger partial charge on any atom is -0.497 e. The second-order valence-electron chi connectivity index (χ2n) is 7.50. The molecule has 168 valence electrons. The molecular formula is C20H32N4O5S. The molecule has 0 spiro atoms. The maximum Gasteiger partial charge on any atom is 0.241 e. The number of piperazine rings is 1. The Balaban J connectivity index is 1.86. The van der Waals surface area contributed by atoms with Crippen molar-refractivity contribution in [2.75, 3.05) is 39.8 Å². The van der Waals surface area contributed by atoms with Gasteiger partial charge in [0.2, 0.25) is 21.8 Å². The Hall–Kier alpha value is -2.17. The van der Waals surface area contributed by atoms with Crippen molar-refractivity contribution in [3.05, 3.63) is 24.3 Å². The van der Waals surface area contributed by atoms with Crippen LogP contribution in [0.1, 0.15) is 27.2 Å². The lowest BCUT2D eigenvalue weighted by molar-refractivity contribution is -0.134. The monoisotopic (exact) mass is 440 g/mol. The highest BCUT2D eigenvalue weighted by Gasteiger charge is 2.28. The molecule has 1 heterocycles. The van der Waals surface area contributed by atoms with Gasteiger partial charge in [0, 0.05) is 32.2 Å². The number of sulfonamides is 1. The van der Waals surface area contributed by atoms with Crippen LogP contribution in [0.25, 0.3) is 0 Å². The molecule has 1 aliphatic heterocycles. The van der Waals surface area contributed by atoms with E-state index in [9.17, 15) is 18.0 Å². The molecular weight excluding hydrogens is 408 g/mol. The molecule has 30 heavy (non-hydrogen) atoms. The largest absolute Gasteiger partial charge is 0.497 e. The van der Waals surface area contributed by atoms with Crippen LogP contribution in [0.2, 0.25) is 0 Å². The van der Waals surface area contributed by atoms with Crippen LogP contribution in [0.5, 0.6) is 5.75 Å². The first-order valence-electron chi connectivity index (χ1n) is 10.1. The third-order valence-corrected chi connectivity index (χ3v) is 6.70. The van der Waals surface area contributed by atoms with Gasteiger partial charge in [0.05, 0.1) is 24.6 Å². The maximum absolute atomic E-state index is 12.7. The average molecular weight is 441 g/mol. The molecule has 1 aromatic rings. The van der Waals surface area contributed by atoms with Gasteiger partial charge in [-0.3, -0.25) is 14.5 Å². The van der Waals surface area contributed by atoms with Crippen LogP contribution >= 0.6 is 0 Å². The van der Waals surface area contributed by atoms with Crippen molar-refractivity contribution in [2.24, 2.45) is 0 Å². The summed E-state index contributed by atoms with van der Waals surface area (Å²) in [6, 6.07) is 5.22. The Kier molecular flexibility index (Phi) is 8.63. The number of nitrogens with one attached hydrogen (secondary N) is 2. The lowest BCUT2D eigenvalue weighted by Crippen LogP contribution is -2.55. The van der Waals surface area contributed by atoms with E-state index in [0.29, 0.717) is 38.5 Å². The van der Waals surface area contributed by atoms with Gasteiger partial charge in [-0.05, 0) is 44.5 Å². The molecule has 2 rings (SSSR count). The minimum absolute atomic E-state index is 0.0234. The topological polar surface area (TPSA) is 108 Å². The van der Waals surface area contributed by atoms with Crippen molar-refractivity contribution in [2.45, 2.75) is 44.2 Å². The fourth-order valence-electron chi connectivity index (χ4n) is 3.13. The number of methoxy groups -OCH3 is 1. The van der Waals surface area contributed by atoms with E-state index in [1.807, 2.05) is 18.7 Å². The zero-order chi connectivity index (χ0) is 22.3. The van der Waals surface area contributed by atoms with E-state index in [4.69, 9.17) is 4.74 Å². The Labute approximate surface area is 178 Å². The van der Waals surface area contributed by atoms with Gasteiger partial charge in [-0.2, -0.15) is 4.72 Å². The number of hydrogen-bond acceptors (Lipinski definition) is 6. The minimum atomic E-state index is -3.83. The zero-order valence-electron chi connectivity index (χ0n) is 18.1. The molecule has 2 atom stereocenters. The molecule has 1 saturated heterocycles. The van der Waals surface area contributed by atoms with Crippen molar-refractivity contribution >= 4 is 21.8 Å². The van der Waals surface area contributed by atoms with E-state index in [1.54, 1.807) is 17.0 Å². The Morgan fingerprint density at radius 2 is 1.70 bits per heavy atom. The molecule has 0 saturated carbocycles. The number of rotatable bonds is 9.